The molecular formula is C21H25N3O4. The fraction of sp³-hybridized carbons (Fsp3) is 0.286. The normalized spacial score (nSPS) is 12.0. The van der Waals surface area contributed by atoms with Crippen molar-refractivity contribution >= 4 is 29.7 Å². The molecule has 2 aromatic rings. The second-order valence-electron chi connectivity index (χ2n) is 7.34. The largest absolute Gasteiger partial charge is 0.456 e. The van der Waals surface area contributed by atoms with Gasteiger partial charge in [0.25, 0.3) is 0 Å². The summed E-state index contributed by atoms with van der Waals surface area (Å²) in [5, 5.41) is 5.28. The van der Waals surface area contributed by atoms with Crippen LogP contribution in [0.2, 0.25) is 0 Å². The Balaban J connectivity index is 1.92. The van der Waals surface area contributed by atoms with Crippen molar-refractivity contribution in [3.8, 4) is 0 Å². The number of rotatable bonds is 7. The van der Waals surface area contributed by atoms with Gasteiger partial charge in [-0.15, -0.1) is 0 Å². The fourth-order valence-corrected chi connectivity index (χ4v) is 2.41. The maximum absolute atomic E-state index is 12.3. The molecular weight excluding hydrogens is 358 g/mol. The lowest BCUT2D eigenvalue weighted by Crippen LogP contribution is -2.37. The Morgan fingerprint density at radius 3 is 2.14 bits per heavy atom. The van der Waals surface area contributed by atoms with Crippen molar-refractivity contribution in [3.05, 3.63) is 59.7 Å². The SMILES string of the molecule is CC(C)(C)OC(=O)c1ccc(NC(=O)C(N)Cc2ccc(NC=O)cc2)cc1. The molecule has 0 radical (unpaired) electrons. The Hall–Kier alpha value is -3.19. The number of hydrogen-bond donors (Lipinski definition) is 3. The molecule has 28 heavy (non-hydrogen) atoms. The molecule has 148 valence electrons. The van der Waals surface area contributed by atoms with Gasteiger partial charge in [0.15, 0.2) is 0 Å². The van der Waals surface area contributed by atoms with Crippen LogP contribution in [-0.4, -0.2) is 29.9 Å². The van der Waals surface area contributed by atoms with E-state index in [0.29, 0.717) is 29.8 Å². The highest BCUT2D eigenvalue weighted by Crippen LogP contribution is 2.15. The second-order valence-corrected chi connectivity index (χ2v) is 7.34. The van der Waals surface area contributed by atoms with Crippen molar-refractivity contribution in [1.82, 2.24) is 0 Å². The fourth-order valence-electron chi connectivity index (χ4n) is 2.41. The summed E-state index contributed by atoms with van der Waals surface area (Å²) in [5.74, 6) is -0.755. The minimum Gasteiger partial charge on any atom is -0.456 e. The van der Waals surface area contributed by atoms with Gasteiger partial charge in [-0.1, -0.05) is 12.1 Å². The third-order valence-electron chi connectivity index (χ3n) is 3.76. The molecule has 1 unspecified atom stereocenters. The molecule has 0 heterocycles. The van der Waals surface area contributed by atoms with Gasteiger partial charge in [0.1, 0.15) is 5.60 Å². The highest BCUT2D eigenvalue weighted by atomic mass is 16.6. The lowest BCUT2D eigenvalue weighted by atomic mass is 10.1. The number of benzene rings is 2. The average molecular weight is 383 g/mol. The summed E-state index contributed by atoms with van der Waals surface area (Å²) in [5.41, 5.74) is 7.90. The van der Waals surface area contributed by atoms with Crippen LogP contribution < -0.4 is 16.4 Å². The zero-order valence-corrected chi connectivity index (χ0v) is 16.2. The van der Waals surface area contributed by atoms with Gasteiger partial charge in [-0.3, -0.25) is 9.59 Å². The predicted molar refractivity (Wildman–Crippen MR) is 108 cm³/mol. The van der Waals surface area contributed by atoms with E-state index in [1.54, 1.807) is 69.3 Å². The molecule has 0 aromatic heterocycles. The second kappa shape index (κ2) is 9.14. The number of hydrogen-bond acceptors (Lipinski definition) is 5. The highest BCUT2D eigenvalue weighted by molar-refractivity contribution is 5.96. The Labute approximate surface area is 164 Å². The monoisotopic (exact) mass is 383 g/mol. The quantitative estimate of drug-likeness (QED) is 0.503. The van der Waals surface area contributed by atoms with Crippen molar-refractivity contribution in [2.24, 2.45) is 5.73 Å². The molecule has 7 nitrogen and oxygen atoms in total. The highest BCUT2D eigenvalue weighted by Gasteiger charge is 2.18. The minimum absolute atomic E-state index is 0.333. The molecule has 1 atom stereocenters. The molecule has 0 aliphatic heterocycles. The Bertz CT molecular complexity index is 824. The summed E-state index contributed by atoms with van der Waals surface area (Å²) in [4.78, 5) is 34.7. The van der Waals surface area contributed by atoms with Crippen LogP contribution in [0, 0.1) is 0 Å². The van der Waals surface area contributed by atoms with E-state index in [4.69, 9.17) is 10.5 Å². The van der Waals surface area contributed by atoms with Crippen LogP contribution in [0.1, 0.15) is 36.7 Å². The first-order valence-corrected chi connectivity index (χ1v) is 8.87. The van der Waals surface area contributed by atoms with Crippen molar-refractivity contribution in [2.45, 2.75) is 38.8 Å². The van der Waals surface area contributed by atoms with Crippen LogP contribution in [0.4, 0.5) is 11.4 Å². The smallest absolute Gasteiger partial charge is 0.338 e. The van der Waals surface area contributed by atoms with E-state index in [9.17, 15) is 14.4 Å². The summed E-state index contributed by atoms with van der Waals surface area (Å²) in [6, 6.07) is 12.8. The molecule has 0 fully saturated rings. The van der Waals surface area contributed by atoms with E-state index in [-0.39, 0.29) is 5.91 Å². The molecule has 0 spiro atoms. The van der Waals surface area contributed by atoms with Crippen LogP contribution in [-0.2, 0) is 20.7 Å². The third-order valence-corrected chi connectivity index (χ3v) is 3.76. The summed E-state index contributed by atoms with van der Waals surface area (Å²) in [6.07, 6.45) is 0.950. The van der Waals surface area contributed by atoms with Gasteiger partial charge < -0.3 is 21.1 Å². The lowest BCUT2D eigenvalue weighted by Gasteiger charge is -2.19. The Kier molecular flexibility index (Phi) is 6.89. The molecule has 7 heteroatoms. The number of nitrogens with one attached hydrogen (secondary N) is 2. The van der Waals surface area contributed by atoms with Gasteiger partial charge in [-0.2, -0.15) is 0 Å². The average Bonchev–Trinajstić information content (AvgIpc) is 2.62. The molecule has 0 saturated heterocycles. The van der Waals surface area contributed by atoms with Crippen molar-refractivity contribution in [1.29, 1.82) is 0 Å². The number of carbonyl (C=O) groups excluding carboxylic acids is 3. The van der Waals surface area contributed by atoms with E-state index in [2.05, 4.69) is 10.6 Å². The molecule has 0 saturated carbocycles. The van der Waals surface area contributed by atoms with Crippen molar-refractivity contribution < 1.29 is 19.1 Å². The maximum Gasteiger partial charge on any atom is 0.338 e. The molecule has 2 amide bonds. The summed E-state index contributed by atoms with van der Waals surface area (Å²) >= 11 is 0. The van der Waals surface area contributed by atoms with Gasteiger partial charge >= 0.3 is 5.97 Å². The molecule has 0 aliphatic rings. The molecule has 2 aromatic carbocycles. The third kappa shape index (κ3) is 6.51. The summed E-state index contributed by atoms with van der Waals surface area (Å²) in [6.45, 7) is 5.40. The van der Waals surface area contributed by atoms with Crippen LogP contribution in [0.3, 0.4) is 0 Å². The molecule has 0 bridgehead atoms. The lowest BCUT2D eigenvalue weighted by molar-refractivity contribution is -0.117. The van der Waals surface area contributed by atoms with E-state index in [1.807, 2.05) is 0 Å². The van der Waals surface area contributed by atoms with Gasteiger partial charge in [-0.25, -0.2) is 4.79 Å². The first kappa shape index (κ1) is 21.1. The number of amides is 2. The predicted octanol–water partition coefficient (Wildman–Crippen LogP) is 2.72. The molecule has 4 N–H and O–H groups in total. The summed E-state index contributed by atoms with van der Waals surface area (Å²) in [7, 11) is 0. The van der Waals surface area contributed by atoms with Gasteiger partial charge in [0.05, 0.1) is 11.6 Å². The topological polar surface area (TPSA) is 111 Å². The van der Waals surface area contributed by atoms with Crippen LogP contribution in [0.15, 0.2) is 48.5 Å². The standard InChI is InChI=1S/C21H25N3O4/c1-21(2,3)28-20(27)15-6-10-17(11-7-15)24-19(26)18(22)12-14-4-8-16(9-5-14)23-13-25/h4-11,13,18H,12,22H2,1-3H3,(H,23,25)(H,24,26). The minimum atomic E-state index is -0.740. The Morgan fingerprint density at radius 2 is 1.61 bits per heavy atom. The van der Waals surface area contributed by atoms with Gasteiger partial charge in [0.2, 0.25) is 12.3 Å². The van der Waals surface area contributed by atoms with Crippen molar-refractivity contribution in [2.75, 3.05) is 10.6 Å². The van der Waals surface area contributed by atoms with E-state index in [1.165, 1.54) is 0 Å². The van der Waals surface area contributed by atoms with E-state index >= 15 is 0 Å². The molecule has 2 rings (SSSR count). The number of esters is 1. The van der Waals surface area contributed by atoms with E-state index < -0.39 is 17.6 Å². The van der Waals surface area contributed by atoms with Crippen LogP contribution in [0.25, 0.3) is 0 Å². The van der Waals surface area contributed by atoms with E-state index in [0.717, 1.165) is 5.56 Å². The van der Waals surface area contributed by atoms with Gasteiger partial charge in [0, 0.05) is 11.4 Å². The molecule has 0 aliphatic carbocycles. The number of anilines is 2. The first-order valence-electron chi connectivity index (χ1n) is 8.87. The van der Waals surface area contributed by atoms with Crippen LogP contribution in [0.5, 0.6) is 0 Å². The Morgan fingerprint density at radius 1 is 1.04 bits per heavy atom. The van der Waals surface area contributed by atoms with Crippen molar-refractivity contribution in [3.63, 3.8) is 0 Å². The zero-order chi connectivity index (χ0) is 20.7. The first-order chi connectivity index (χ1) is 13.2. The maximum atomic E-state index is 12.3. The number of carbonyl (C=O) groups is 3. The van der Waals surface area contributed by atoms with Crippen LogP contribution >= 0.6 is 0 Å². The number of nitrogens with two attached hydrogens (primary N) is 1. The number of ether oxygens (including phenoxy) is 1. The van der Waals surface area contributed by atoms with Gasteiger partial charge in [-0.05, 0) is 69.2 Å². The summed E-state index contributed by atoms with van der Waals surface area (Å²) < 4.78 is 5.30. The zero-order valence-electron chi connectivity index (χ0n) is 16.2.